The van der Waals surface area contributed by atoms with Gasteiger partial charge in [0.05, 0.1) is 0 Å². The summed E-state index contributed by atoms with van der Waals surface area (Å²) < 4.78 is 0. The van der Waals surface area contributed by atoms with Crippen molar-refractivity contribution in [2.24, 2.45) is 16.7 Å². The SMILES string of the molecule is CN(C)C1CCN(c2ccc(NC(=O)c3ccc(NC(=O)C4C(C)(C)C4(C)C)cc3)cc2)C1. The minimum absolute atomic E-state index is 0.00467. The Morgan fingerprint density at radius 2 is 1.42 bits per heavy atom. The zero-order valence-electron chi connectivity index (χ0n) is 20.6. The fourth-order valence-electron chi connectivity index (χ4n) is 5.13. The van der Waals surface area contributed by atoms with Crippen LogP contribution < -0.4 is 15.5 Å². The van der Waals surface area contributed by atoms with E-state index in [1.54, 1.807) is 24.3 Å². The number of nitrogens with zero attached hydrogens (tertiary/aromatic N) is 2. The molecule has 2 amide bonds. The molecule has 1 heterocycles. The first-order valence-electron chi connectivity index (χ1n) is 11.7. The summed E-state index contributed by atoms with van der Waals surface area (Å²) in [4.78, 5) is 30.0. The van der Waals surface area contributed by atoms with Crippen molar-refractivity contribution in [3.05, 3.63) is 54.1 Å². The number of rotatable bonds is 6. The molecule has 1 aliphatic heterocycles. The number of carbonyl (C=O) groups excluding carboxylic acids is 2. The molecule has 1 saturated heterocycles. The Labute approximate surface area is 197 Å². The van der Waals surface area contributed by atoms with Crippen LogP contribution in [0.25, 0.3) is 0 Å². The number of likely N-dealkylation sites (N-methyl/N-ethyl adjacent to an activating group) is 1. The normalized spacial score (nSPS) is 21.2. The van der Waals surface area contributed by atoms with E-state index in [-0.39, 0.29) is 28.6 Å². The minimum atomic E-state index is -0.168. The largest absolute Gasteiger partial charge is 0.370 e. The van der Waals surface area contributed by atoms with Crippen LogP contribution in [0.3, 0.4) is 0 Å². The van der Waals surface area contributed by atoms with Crippen LogP contribution in [0.15, 0.2) is 48.5 Å². The molecule has 176 valence electrons. The molecule has 0 aromatic heterocycles. The Kier molecular flexibility index (Phi) is 5.99. The lowest BCUT2D eigenvalue weighted by Gasteiger charge is -2.22. The summed E-state index contributed by atoms with van der Waals surface area (Å²) in [6.07, 6.45) is 1.16. The van der Waals surface area contributed by atoms with Gasteiger partial charge in [-0.25, -0.2) is 0 Å². The number of benzene rings is 2. The molecule has 4 rings (SSSR count). The summed E-state index contributed by atoms with van der Waals surface area (Å²) in [6.45, 7) is 10.6. The number of hydrogen-bond acceptors (Lipinski definition) is 4. The summed E-state index contributed by atoms with van der Waals surface area (Å²) in [7, 11) is 4.25. The van der Waals surface area contributed by atoms with E-state index in [1.807, 2.05) is 12.1 Å². The Bertz CT molecular complexity index is 1010. The highest BCUT2D eigenvalue weighted by Crippen LogP contribution is 2.68. The van der Waals surface area contributed by atoms with E-state index in [1.165, 1.54) is 5.69 Å². The number of carbonyl (C=O) groups is 2. The third-order valence-electron chi connectivity index (χ3n) is 8.08. The maximum absolute atomic E-state index is 12.7. The van der Waals surface area contributed by atoms with Crippen molar-refractivity contribution >= 4 is 28.9 Å². The first-order chi connectivity index (χ1) is 15.5. The average Bonchev–Trinajstić information content (AvgIpc) is 3.09. The average molecular weight is 449 g/mol. The molecule has 1 unspecified atom stereocenters. The van der Waals surface area contributed by atoms with Crippen LogP contribution in [-0.2, 0) is 4.79 Å². The molecular formula is C27H36N4O2. The number of anilines is 3. The molecule has 1 saturated carbocycles. The highest BCUT2D eigenvalue weighted by atomic mass is 16.2. The van der Waals surface area contributed by atoms with Gasteiger partial charge in [0.2, 0.25) is 5.91 Å². The Morgan fingerprint density at radius 3 is 1.94 bits per heavy atom. The molecule has 33 heavy (non-hydrogen) atoms. The molecule has 2 aliphatic rings. The first kappa shape index (κ1) is 23.3. The fourth-order valence-corrected chi connectivity index (χ4v) is 5.13. The Morgan fingerprint density at radius 1 is 0.879 bits per heavy atom. The minimum Gasteiger partial charge on any atom is -0.370 e. The standard InChI is InChI=1S/C27H36N4O2/c1-26(2)23(27(26,3)4)25(33)29-19-9-7-18(8-10-19)24(32)28-20-11-13-21(14-12-20)31-16-15-22(17-31)30(5)6/h7-14,22-23H,15-17H2,1-6H3,(H,28,32)(H,29,33). The van der Waals surface area contributed by atoms with Crippen molar-refractivity contribution in [1.82, 2.24) is 4.90 Å². The van der Waals surface area contributed by atoms with Gasteiger partial charge in [0.15, 0.2) is 0 Å². The van der Waals surface area contributed by atoms with Crippen molar-refractivity contribution in [3.8, 4) is 0 Å². The molecule has 1 atom stereocenters. The van der Waals surface area contributed by atoms with Gasteiger partial charge in [0.1, 0.15) is 0 Å². The van der Waals surface area contributed by atoms with E-state index in [0.29, 0.717) is 17.3 Å². The summed E-state index contributed by atoms with van der Waals surface area (Å²) in [6, 6.07) is 15.7. The van der Waals surface area contributed by atoms with Crippen molar-refractivity contribution in [2.45, 2.75) is 40.2 Å². The molecular weight excluding hydrogens is 412 g/mol. The van der Waals surface area contributed by atoms with Gasteiger partial charge in [0.25, 0.3) is 5.91 Å². The van der Waals surface area contributed by atoms with E-state index in [2.05, 4.69) is 74.4 Å². The summed E-state index contributed by atoms with van der Waals surface area (Å²) in [5.41, 5.74) is 3.20. The van der Waals surface area contributed by atoms with Gasteiger partial charge in [-0.2, -0.15) is 0 Å². The predicted octanol–water partition coefficient (Wildman–Crippen LogP) is 4.70. The molecule has 0 bridgehead atoms. The predicted molar refractivity (Wildman–Crippen MR) is 135 cm³/mol. The van der Waals surface area contributed by atoms with Gasteiger partial charge in [-0.05, 0) is 79.9 Å². The highest BCUT2D eigenvalue weighted by Gasteiger charge is 2.68. The van der Waals surface area contributed by atoms with Crippen molar-refractivity contribution in [2.75, 3.05) is 42.7 Å². The van der Waals surface area contributed by atoms with Crippen LogP contribution in [0.1, 0.15) is 44.5 Å². The lowest BCUT2D eigenvalue weighted by atomic mass is 10.0. The zero-order valence-corrected chi connectivity index (χ0v) is 20.6. The van der Waals surface area contributed by atoms with Crippen LogP contribution in [-0.4, -0.2) is 49.9 Å². The molecule has 0 radical (unpaired) electrons. The smallest absolute Gasteiger partial charge is 0.255 e. The molecule has 1 aliphatic carbocycles. The van der Waals surface area contributed by atoms with E-state index in [9.17, 15) is 9.59 Å². The number of hydrogen-bond donors (Lipinski definition) is 2. The first-order valence-corrected chi connectivity index (χ1v) is 11.7. The van der Waals surface area contributed by atoms with Crippen LogP contribution in [0.2, 0.25) is 0 Å². The molecule has 6 heteroatoms. The summed E-state index contributed by atoms with van der Waals surface area (Å²) in [5.74, 6) is -0.138. The zero-order chi connectivity index (χ0) is 24.0. The lowest BCUT2D eigenvalue weighted by Crippen LogP contribution is -2.31. The number of amides is 2. The highest BCUT2D eigenvalue weighted by molar-refractivity contribution is 6.05. The van der Waals surface area contributed by atoms with Gasteiger partial charge in [0, 0.05) is 47.7 Å². The van der Waals surface area contributed by atoms with Crippen LogP contribution in [0.5, 0.6) is 0 Å². The van der Waals surface area contributed by atoms with E-state index >= 15 is 0 Å². The molecule has 2 aromatic rings. The molecule has 2 fully saturated rings. The monoisotopic (exact) mass is 448 g/mol. The maximum Gasteiger partial charge on any atom is 0.255 e. The molecule has 2 N–H and O–H groups in total. The number of nitrogens with one attached hydrogen (secondary N) is 2. The van der Waals surface area contributed by atoms with Crippen molar-refractivity contribution in [1.29, 1.82) is 0 Å². The second kappa shape index (κ2) is 8.49. The van der Waals surface area contributed by atoms with Crippen molar-refractivity contribution < 1.29 is 9.59 Å². The third-order valence-corrected chi connectivity index (χ3v) is 8.08. The molecule has 2 aromatic carbocycles. The van der Waals surface area contributed by atoms with Gasteiger partial charge < -0.3 is 20.4 Å². The second-order valence-electron chi connectivity index (χ2n) is 10.8. The Hall–Kier alpha value is -2.86. The summed E-state index contributed by atoms with van der Waals surface area (Å²) >= 11 is 0. The van der Waals surface area contributed by atoms with E-state index in [0.717, 1.165) is 25.2 Å². The van der Waals surface area contributed by atoms with Gasteiger partial charge in [-0.3, -0.25) is 9.59 Å². The summed E-state index contributed by atoms with van der Waals surface area (Å²) in [5, 5.41) is 5.96. The third kappa shape index (κ3) is 4.49. The van der Waals surface area contributed by atoms with Crippen molar-refractivity contribution in [3.63, 3.8) is 0 Å². The van der Waals surface area contributed by atoms with Crippen LogP contribution in [0, 0.1) is 16.7 Å². The van der Waals surface area contributed by atoms with Gasteiger partial charge in [-0.15, -0.1) is 0 Å². The van der Waals surface area contributed by atoms with Crippen LogP contribution >= 0.6 is 0 Å². The lowest BCUT2D eigenvalue weighted by molar-refractivity contribution is -0.118. The maximum atomic E-state index is 12.7. The fraction of sp³-hybridized carbons (Fsp3) is 0.481. The van der Waals surface area contributed by atoms with Crippen LogP contribution in [0.4, 0.5) is 17.1 Å². The van der Waals surface area contributed by atoms with Gasteiger partial charge >= 0.3 is 0 Å². The van der Waals surface area contributed by atoms with Gasteiger partial charge in [-0.1, -0.05) is 27.7 Å². The molecule has 6 nitrogen and oxygen atoms in total. The second-order valence-corrected chi connectivity index (χ2v) is 10.8. The van der Waals surface area contributed by atoms with E-state index < -0.39 is 0 Å². The topological polar surface area (TPSA) is 64.7 Å². The molecule has 0 spiro atoms. The quantitative estimate of drug-likeness (QED) is 0.672. The Balaban J connectivity index is 1.32. The van der Waals surface area contributed by atoms with E-state index in [4.69, 9.17) is 0 Å².